The number of nitrogens with one attached hydrogen (secondary N) is 1. The van der Waals surface area contributed by atoms with Crippen LogP contribution in [0.1, 0.15) is 17.0 Å². The summed E-state index contributed by atoms with van der Waals surface area (Å²) in [5, 5.41) is 2.73. The predicted octanol–water partition coefficient (Wildman–Crippen LogP) is 3.61. The van der Waals surface area contributed by atoms with E-state index in [1.807, 2.05) is 24.3 Å². The lowest BCUT2D eigenvalue weighted by Gasteiger charge is -2.14. The maximum absolute atomic E-state index is 12.2. The molecule has 1 N–H and O–H groups in total. The number of hydrogen-bond acceptors (Lipinski definition) is 9. The summed E-state index contributed by atoms with van der Waals surface area (Å²) in [4.78, 5) is 12.2. The molecule has 1 amide bonds. The Hall–Kier alpha value is -2.64. The van der Waals surface area contributed by atoms with Gasteiger partial charge in [-0.3, -0.25) is 0 Å². The first kappa shape index (κ1) is 33.9. The lowest BCUT2D eigenvalue weighted by molar-refractivity contribution is -0.0206. The van der Waals surface area contributed by atoms with Crippen molar-refractivity contribution in [3.05, 3.63) is 59.7 Å². The van der Waals surface area contributed by atoms with Gasteiger partial charge in [0.05, 0.1) is 92.5 Å². The Morgan fingerprint density at radius 2 is 0.952 bits per heavy atom. The zero-order valence-electron chi connectivity index (χ0n) is 24.3. The molecule has 0 radical (unpaired) electrons. The number of hydrogen-bond donors (Lipinski definition) is 1. The molecule has 0 aromatic heterocycles. The Bertz CT molecular complexity index is 951. The third-order valence-corrected chi connectivity index (χ3v) is 6.31. The number of carbonyl (C=O) groups is 1. The molecule has 0 saturated heterocycles. The molecule has 234 valence electrons. The van der Waals surface area contributed by atoms with Crippen LogP contribution in [-0.2, 0) is 37.9 Å². The number of alkyl carbamates (subject to hydrolysis) is 1. The van der Waals surface area contributed by atoms with Crippen molar-refractivity contribution in [3.63, 3.8) is 0 Å². The van der Waals surface area contributed by atoms with Crippen LogP contribution in [0.2, 0.25) is 0 Å². The molecule has 10 nitrogen and oxygen atoms in total. The van der Waals surface area contributed by atoms with E-state index in [9.17, 15) is 9.18 Å². The van der Waals surface area contributed by atoms with Crippen LogP contribution >= 0.6 is 0 Å². The smallest absolute Gasteiger partial charge is 0.407 e. The monoisotopic (exact) mass is 593 g/mol. The summed E-state index contributed by atoms with van der Waals surface area (Å²) in [7, 11) is 0. The molecule has 1 aliphatic rings. The minimum absolute atomic E-state index is 0.0389. The molecule has 2 aromatic rings. The second kappa shape index (κ2) is 22.0. The van der Waals surface area contributed by atoms with Crippen molar-refractivity contribution in [1.82, 2.24) is 5.32 Å². The van der Waals surface area contributed by atoms with Gasteiger partial charge in [-0.25, -0.2) is 9.18 Å². The van der Waals surface area contributed by atoms with Crippen LogP contribution < -0.4 is 5.32 Å². The molecule has 2 aromatic carbocycles. The van der Waals surface area contributed by atoms with Gasteiger partial charge < -0.3 is 43.2 Å². The van der Waals surface area contributed by atoms with Gasteiger partial charge in [0.1, 0.15) is 13.3 Å². The van der Waals surface area contributed by atoms with Gasteiger partial charge in [-0.15, -0.1) is 0 Å². The van der Waals surface area contributed by atoms with E-state index in [1.54, 1.807) is 0 Å². The average Bonchev–Trinajstić information content (AvgIpc) is 3.34. The Labute approximate surface area is 247 Å². The molecule has 0 bridgehead atoms. The van der Waals surface area contributed by atoms with E-state index in [4.69, 9.17) is 37.9 Å². The van der Waals surface area contributed by atoms with Crippen molar-refractivity contribution in [1.29, 1.82) is 0 Å². The summed E-state index contributed by atoms with van der Waals surface area (Å²) in [6.07, 6.45) is -0.454. The van der Waals surface area contributed by atoms with Gasteiger partial charge in [0.2, 0.25) is 0 Å². The highest BCUT2D eigenvalue weighted by Gasteiger charge is 2.28. The molecule has 0 aliphatic heterocycles. The topological polar surface area (TPSA) is 103 Å². The summed E-state index contributed by atoms with van der Waals surface area (Å²) < 4.78 is 54.8. The zero-order valence-corrected chi connectivity index (χ0v) is 24.3. The Morgan fingerprint density at radius 1 is 0.571 bits per heavy atom. The van der Waals surface area contributed by atoms with Crippen LogP contribution in [-0.4, -0.2) is 118 Å². The second-order valence-electron chi connectivity index (χ2n) is 9.23. The van der Waals surface area contributed by atoms with Crippen LogP contribution in [0.5, 0.6) is 0 Å². The average molecular weight is 594 g/mol. The SMILES string of the molecule is O=C(NCCOCCOCCOCCOCCOCCOCCOCCF)OCC1c2ccccc2-c2ccccc21. The highest BCUT2D eigenvalue weighted by Crippen LogP contribution is 2.44. The number of halogens is 1. The molecular formula is C31H44FNO9. The second-order valence-corrected chi connectivity index (χ2v) is 9.23. The first-order chi connectivity index (χ1) is 20.8. The fourth-order valence-electron chi connectivity index (χ4n) is 4.35. The van der Waals surface area contributed by atoms with Crippen LogP contribution in [0.15, 0.2) is 48.5 Å². The lowest BCUT2D eigenvalue weighted by atomic mass is 9.98. The van der Waals surface area contributed by atoms with Crippen LogP contribution in [0.3, 0.4) is 0 Å². The first-order valence-corrected chi connectivity index (χ1v) is 14.5. The Kier molecular flexibility index (Phi) is 17.7. The predicted molar refractivity (Wildman–Crippen MR) is 155 cm³/mol. The van der Waals surface area contributed by atoms with E-state index in [-0.39, 0.29) is 19.1 Å². The highest BCUT2D eigenvalue weighted by molar-refractivity contribution is 5.79. The fraction of sp³-hybridized carbons (Fsp3) is 0.581. The van der Waals surface area contributed by atoms with Crippen LogP contribution in [0, 0.1) is 0 Å². The molecule has 0 heterocycles. The number of alkyl halides is 1. The summed E-state index contributed by atoms with van der Waals surface area (Å²) in [6, 6.07) is 16.5. The van der Waals surface area contributed by atoms with Gasteiger partial charge in [-0.2, -0.15) is 0 Å². The van der Waals surface area contributed by atoms with Gasteiger partial charge in [-0.05, 0) is 22.3 Å². The molecule has 1 aliphatic carbocycles. The van der Waals surface area contributed by atoms with E-state index in [0.29, 0.717) is 92.4 Å². The standard InChI is InChI=1S/C31H44FNO9/c32-9-11-35-13-15-37-17-19-39-21-23-41-24-22-40-20-18-38-16-14-36-12-10-33-31(34)42-25-30-28-7-3-1-5-26(28)27-6-2-4-8-29(27)30/h1-8,30H,9-25H2,(H,33,34). The van der Waals surface area contributed by atoms with Crippen molar-refractivity contribution < 1.29 is 47.1 Å². The maximum atomic E-state index is 12.2. The van der Waals surface area contributed by atoms with Crippen LogP contribution in [0.25, 0.3) is 11.1 Å². The number of fused-ring (bicyclic) bond motifs is 3. The number of amides is 1. The van der Waals surface area contributed by atoms with E-state index in [1.165, 1.54) is 22.3 Å². The zero-order chi connectivity index (χ0) is 29.5. The summed E-state index contributed by atoms with van der Waals surface area (Å²) in [5.74, 6) is 0.0389. The number of rotatable bonds is 25. The summed E-state index contributed by atoms with van der Waals surface area (Å²) >= 11 is 0. The van der Waals surface area contributed by atoms with Gasteiger partial charge in [0.25, 0.3) is 0 Å². The first-order valence-electron chi connectivity index (χ1n) is 14.5. The van der Waals surface area contributed by atoms with E-state index in [2.05, 4.69) is 29.6 Å². The normalized spacial score (nSPS) is 12.3. The van der Waals surface area contributed by atoms with Crippen molar-refractivity contribution >= 4 is 6.09 Å². The third-order valence-electron chi connectivity index (χ3n) is 6.31. The van der Waals surface area contributed by atoms with Gasteiger partial charge in [0, 0.05) is 12.5 Å². The van der Waals surface area contributed by atoms with Gasteiger partial charge in [-0.1, -0.05) is 48.5 Å². The molecule has 0 saturated carbocycles. The van der Waals surface area contributed by atoms with Gasteiger partial charge in [0.15, 0.2) is 0 Å². The minimum Gasteiger partial charge on any atom is -0.449 e. The van der Waals surface area contributed by atoms with Crippen molar-refractivity contribution in [2.45, 2.75) is 5.92 Å². The number of carbonyl (C=O) groups excluding carboxylic acids is 1. The van der Waals surface area contributed by atoms with Gasteiger partial charge >= 0.3 is 6.09 Å². The molecular weight excluding hydrogens is 549 g/mol. The summed E-state index contributed by atoms with van der Waals surface area (Å²) in [6.45, 7) is 6.10. The molecule has 3 rings (SSSR count). The number of ether oxygens (including phenoxy) is 8. The van der Waals surface area contributed by atoms with Crippen molar-refractivity contribution in [3.8, 4) is 11.1 Å². The minimum atomic E-state index is -0.479. The fourth-order valence-corrected chi connectivity index (χ4v) is 4.35. The largest absolute Gasteiger partial charge is 0.449 e. The molecule has 0 atom stereocenters. The lowest BCUT2D eigenvalue weighted by Crippen LogP contribution is -2.29. The third kappa shape index (κ3) is 13.1. The maximum Gasteiger partial charge on any atom is 0.407 e. The molecule has 0 spiro atoms. The number of benzene rings is 2. The quantitative estimate of drug-likeness (QED) is 0.173. The van der Waals surface area contributed by atoms with Crippen molar-refractivity contribution in [2.75, 3.05) is 112 Å². The van der Waals surface area contributed by atoms with Crippen molar-refractivity contribution in [2.24, 2.45) is 0 Å². The molecule has 42 heavy (non-hydrogen) atoms. The van der Waals surface area contributed by atoms with E-state index in [0.717, 1.165) is 0 Å². The Morgan fingerprint density at radius 3 is 1.38 bits per heavy atom. The molecule has 11 heteroatoms. The van der Waals surface area contributed by atoms with E-state index < -0.39 is 12.8 Å². The molecule has 0 fully saturated rings. The van der Waals surface area contributed by atoms with E-state index >= 15 is 0 Å². The Balaban J connectivity index is 1.05. The molecule has 0 unspecified atom stereocenters. The summed E-state index contributed by atoms with van der Waals surface area (Å²) in [5.41, 5.74) is 4.77. The van der Waals surface area contributed by atoms with Crippen LogP contribution in [0.4, 0.5) is 9.18 Å². The highest BCUT2D eigenvalue weighted by atomic mass is 19.1.